The van der Waals surface area contributed by atoms with Gasteiger partial charge < -0.3 is 10.4 Å². The number of carbonyl (C=O) groups is 3. The van der Waals surface area contributed by atoms with Gasteiger partial charge in [-0.05, 0) is 13.3 Å². The number of aliphatic carboxylic acids is 1. The molecular formula is C12H18N2O4. The van der Waals surface area contributed by atoms with Crippen LogP contribution >= 0.6 is 0 Å². The number of rotatable bonds is 6. The third kappa shape index (κ3) is 3.09. The third-order valence-corrected chi connectivity index (χ3v) is 2.92. The summed E-state index contributed by atoms with van der Waals surface area (Å²) in [6.45, 7) is 3.69. The molecule has 1 heterocycles. The highest BCUT2D eigenvalue weighted by atomic mass is 16.4. The van der Waals surface area contributed by atoms with Gasteiger partial charge in [-0.25, -0.2) is 9.59 Å². The zero-order valence-corrected chi connectivity index (χ0v) is 10.6. The van der Waals surface area contributed by atoms with Gasteiger partial charge >= 0.3 is 12.0 Å². The highest BCUT2D eigenvalue weighted by Gasteiger charge is 2.46. The van der Waals surface area contributed by atoms with Crippen molar-refractivity contribution in [1.82, 2.24) is 10.2 Å². The van der Waals surface area contributed by atoms with E-state index in [0.717, 1.165) is 23.8 Å². The first-order valence-corrected chi connectivity index (χ1v) is 5.94. The smallest absolute Gasteiger partial charge is 0.328 e. The topological polar surface area (TPSA) is 86.7 Å². The molecule has 100 valence electrons. The Morgan fingerprint density at radius 1 is 1.50 bits per heavy atom. The van der Waals surface area contributed by atoms with Crippen LogP contribution in [0.4, 0.5) is 4.79 Å². The van der Waals surface area contributed by atoms with Crippen LogP contribution in [-0.4, -0.2) is 40.0 Å². The summed E-state index contributed by atoms with van der Waals surface area (Å²) in [7, 11) is 0. The van der Waals surface area contributed by atoms with E-state index in [-0.39, 0.29) is 12.5 Å². The second-order valence-electron chi connectivity index (χ2n) is 4.52. The van der Waals surface area contributed by atoms with E-state index in [2.05, 4.69) is 5.32 Å². The Kier molecular flexibility index (Phi) is 4.47. The van der Waals surface area contributed by atoms with Crippen LogP contribution < -0.4 is 5.32 Å². The van der Waals surface area contributed by atoms with E-state index in [1.54, 1.807) is 6.92 Å². The molecule has 0 aromatic rings. The van der Waals surface area contributed by atoms with Crippen LogP contribution in [0.25, 0.3) is 0 Å². The van der Waals surface area contributed by atoms with E-state index in [4.69, 9.17) is 5.11 Å². The number of carboxylic acid groups (broad SMARTS) is 1. The molecule has 0 aliphatic carbocycles. The molecule has 0 bridgehead atoms. The van der Waals surface area contributed by atoms with E-state index in [0.29, 0.717) is 6.42 Å². The zero-order valence-electron chi connectivity index (χ0n) is 10.6. The third-order valence-electron chi connectivity index (χ3n) is 2.92. The molecule has 1 fully saturated rings. The summed E-state index contributed by atoms with van der Waals surface area (Å²) in [5, 5.41) is 11.1. The maximum Gasteiger partial charge on any atom is 0.328 e. The first kappa shape index (κ1) is 14.2. The number of amides is 3. The lowest BCUT2D eigenvalue weighted by atomic mass is 9.95. The van der Waals surface area contributed by atoms with Crippen LogP contribution in [-0.2, 0) is 9.59 Å². The molecule has 1 unspecified atom stereocenters. The molecule has 0 spiro atoms. The molecule has 1 rings (SSSR count). The van der Waals surface area contributed by atoms with Gasteiger partial charge in [-0.15, -0.1) is 0 Å². The lowest BCUT2D eigenvalue weighted by molar-refractivity contribution is -0.132. The van der Waals surface area contributed by atoms with Crippen LogP contribution in [0.2, 0.25) is 0 Å². The van der Waals surface area contributed by atoms with Crippen molar-refractivity contribution >= 4 is 17.9 Å². The average molecular weight is 254 g/mol. The number of nitrogens with zero attached hydrogens (tertiary/aromatic N) is 1. The molecule has 18 heavy (non-hydrogen) atoms. The fraction of sp³-hybridized carbons (Fsp3) is 0.583. The summed E-state index contributed by atoms with van der Waals surface area (Å²) in [6, 6.07) is -0.464. The molecule has 0 aromatic carbocycles. The monoisotopic (exact) mass is 254 g/mol. The van der Waals surface area contributed by atoms with Gasteiger partial charge in [0.1, 0.15) is 5.54 Å². The number of hydrogen-bond donors (Lipinski definition) is 2. The molecule has 0 radical (unpaired) electrons. The van der Waals surface area contributed by atoms with Gasteiger partial charge in [0.25, 0.3) is 5.91 Å². The number of carboxylic acids is 1. The molecule has 1 aliphatic rings. The van der Waals surface area contributed by atoms with Gasteiger partial charge in [0, 0.05) is 12.6 Å². The molecule has 1 atom stereocenters. The molecule has 0 saturated carbocycles. The maximum atomic E-state index is 12.1. The number of unbranched alkanes of at least 4 members (excludes halogenated alkanes) is 1. The minimum absolute atomic E-state index is 0.0152. The Bertz CT molecular complexity index is 392. The minimum atomic E-state index is -1.10. The number of imide groups is 1. The molecule has 1 aliphatic heterocycles. The quantitative estimate of drug-likeness (QED) is 0.549. The Hall–Kier alpha value is -1.85. The van der Waals surface area contributed by atoms with Crippen LogP contribution in [0.1, 0.15) is 33.1 Å². The Labute approximate surface area is 106 Å². The predicted octanol–water partition coefficient (Wildman–Crippen LogP) is 1.13. The van der Waals surface area contributed by atoms with Crippen LogP contribution in [0.5, 0.6) is 0 Å². The number of carbonyl (C=O) groups excluding carboxylic acids is 2. The Balaban J connectivity index is 2.69. The molecular weight excluding hydrogens is 236 g/mol. The minimum Gasteiger partial charge on any atom is -0.478 e. The molecule has 6 heteroatoms. The number of urea groups is 1. The van der Waals surface area contributed by atoms with E-state index < -0.39 is 17.5 Å². The summed E-state index contributed by atoms with van der Waals surface area (Å²) in [4.78, 5) is 35.1. The first-order valence-electron chi connectivity index (χ1n) is 5.94. The highest BCUT2D eigenvalue weighted by molar-refractivity contribution is 6.06. The average Bonchev–Trinajstić information content (AvgIpc) is 2.50. The van der Waals surface area contributed by atoms with E-state index in [9.17, 15) is 14.4 Å². The largest absolute Gasteiger partial charge is 0.478 e. The van der Waals surface area contributed by atoms with Gasteiger partial charge in [-0.2, -0.15) is 0 Å². The van der Waals surface area contributed by atoms with E-state index in [1.165, 1.54) is 6.08 Å². The highest BCUT2D eigenvalue weighted by Crippen LogP contribution is 2.23. The van der Waals surface area contributed by atoms with Crippen LogP contribution in [0.15, 0.2) is 12.2 Å². The summed E-state index contributed by atoms with van der Waals surface area (Å²) in [6.07, 6.45) is 4.58. The predicted molar refractivity (Wildman–Crippen MR) is 65.0 cm³/mol. The van der Waals surface area contributed by atoms with Gasteiger partial charge in [0.05, 0.1) is 0 Å². The normalized spacial score (nSPS) is 23.8. The van der Waals surface area contributed by atoms with Crippen molar-refractivity contribution in [3.05, 3.63) is 12.2 Å². The molecule has 1 saturated heterocycles. The van der Waals surface area contributed by atoms with Gasteiger partial charge in [0.2, 0.25) is 0 Å². The molecule has 0 aromatic heterocycles. The summed E-state index contributed by atoms with van der Waals surface area (Å²) < 4.78 is 0. The lowest BCUT2D eigenvalue weighted by Gasteiger charge is -2.20. The summed E-state index contributed by atoms with van der Waals surface area (Å²) in [5.74, 6) is -1.40. The first-order chi connectivity index (χ1) is 8.40. The van der Waals surface area contributed by atoms with Gasteiger partial charge in [-0.3, -0.25) is 9.69 Å². The van der Waals surface area contributed by atoms with Crippen molar-refractivity contribution in [1.29, 1.82) is 0 Å². The Morgan fingerprint density at radius 3 is 2.72 bits per heavy atom. The van der Waals surface area contributed by atoms with Crippen molar-refractivity contribution in [3.8, 4) is 0 Å². The van der Waals surface area contributed by atoms with Crippen molar-refractivity contribution in [2.45, 2.75) is 38.6 Å². The van der Waals surface area contributed by atoms with E-state index >= 15 is 0 Å². The second-order valence-corrected chi connectivity index (χ2v) is 4.52. The van der Waals surface area contributed by atoms with Crippen molar-refractivity contribution < 1.29 is 19.5 Å². The molecule has 6 nitrogen and oxygen atoms in total. The Morgan fingerprint density at radius 2 is 2.17 bits per heavy atom. The van der Waals surface area contributed by atoms with E-state index in [1.807, 2.05) is 6.92 Å². The second kappa shape index (κ2) is 5.66. The fourth-order valence-corrected chi connectivity index (χ4v) is 1.87. The zero-order chi connectivity index (χ0) is 13.8. The van der Waals surface area contributed by atoms with Crippen molar-refractivity contribution in [3.63, 3.8) is 0 Å². The van der Waals surface area contributed by atoms with Crippen molar-refractivity contribution in [2.75, 3.05) is 6.54 Å². The van der Waals surface area contributed by atoms with Gasteiger partial charge in [-0.1, -0.05) is 25.8 Å². The standard InChI is InChI=1S/C12H18N2O4/c1-3-4-7-12(2)10(17)14(11(18)13-12)8-5-6-9(15)16/h5-6H,3-4,7-8H2,1-2H3,(H,13,18)(H,15,16). The number of nitrogens with one attached hydrogen (secondary N) is 1. The van der Waals surface area contributed by atoms with Crippen LogP contribution in [0, 0.1) is 0 Å². The fourth-order valence-electron chi connectivity index (χ4n) is 1.87. The van der Waals surface area contributed by atoms with Gasteiger partial charge in [0.15, 0.2) is 0 Å². The maximum absolute atomic E-state index is 12.1. The summed E-state index contributed by atoms with van der Waals surface area (Å²) >= 11 is 0. The van der Waals surface area contributed by atoms with Crippen LogP contribution in [0.3, 0.4) is 0 Å². The molecule has 3 amide bonds. The van der Waals surface area contributed by atoms with Crippen molar-refractivity contribution in [2.24, 2.45) is 0 Å². The SMILES string of the molecule is CCCCC1(C)NC(=O)N(CC=CC(=O)O)C1=O. The summed E-state index contributed by atoms with van der Waals surface area (Å²) in [5.41, 5.74) is -0.857. The molecule has 2 N–H and O–H groups in total. The number of hydrogen-bond acceptors (Lipinski definition) is 3. The lowest BCUT2D eigenvalue weighted by Crippen LogP contribution is -2.43.